The molecular weight excluding hydrogens is 956 g/mol. The summed E-state index contributed by atoms with van der Waals surface area (Å²) in [5.41, 5.74) is 9.41. The molecule has 0 atom stereocenters. The van der Waals surface area contributed by atoms with Crippen LogP contribution in [0.25, 0.3) is 0 Å². The van der Waals surface area contributed by atoms with Crippen LogP contribution >= 0.6 is 45.9 Å². The number of piperazine rings is 2. The number of benzene rings is 4. The van der Waals surface area contributed by atoms with Crippen LogP contribution in [0.4, 0.5) is 10.3 Å². The van der Waals surface area contributed by atoms with Crippen LogP contribution in [-0.4, -0.2) is 102 Å². The minimum Gasteiger partial charge on any atom is -0.497 e. The van der Waals surface area contributed by atoms with Crippen LogP contribution in [0.3, 0.4) is 0 Å². The van der Waals surface area contributed by atoms with E-state index in [1.807, 2.05) is 102 Å². The number of rotatable bonds is 12. The van der Waals surface area contributed by atoms with Crippen LogP contribution in [-0.2, 0) is 32.9 Å². The van der Waals surface area contributed by atoms with Gasteiger partial charge in [-0.2, -0.15) is 8.61 Å². The Balaban J connectivity index is 0.000000197. The molecule has 6 aromatic rings. The lowest BCUT2D eigenvalue weighted by atomic mass is 10.1. The molecule has 12 nitrogen and oxygen atoms in total. The number of nitrogens with zero attached hydrogens (tertiary/aromatic N) is 6. The highest BCUT2D eigenvalue weighted by atomic mass is 35.5. The number of hydrogen-bond acceptors (Lipinski definition) is 12. The zero-order chi connectivity index (χ0) is 47.5. The highest BCUT2D eigenvalue weighted by Gasteiger charge is 2.33. The molecule has 8 rings (SSSR count). The number of hydrogen-bond donors (Lipinski definition) is 0. The molecule has 18 heteroatoms. The number of thiazole rings is 2. The van der Waals surface area contributed by atoms with Gasteiger partial charge < -0.3 is 19.3 Å². The summed E-state index contributed by atoms with van der Waals surface area (Å²) in [5.74, 6) is 1.50. The Hall–Kier alpha value is -4.26. The lowest BCUT2D eigenvalue weighted by Crippen LogP contribution is -2.48. The molecule has 2 fully saturated rings. The van der Waals surface area contributed by atoms with Gasteiger partial charge in [-0.3, -0.25) is 0 Å². The second kappa shape index (κ2) is 20.9. The van der Waals surface area contributed by atoms with Gasteiger partial charge in [0.25, 0.3) is 0 Å². The summed E-state index contributed by atoms with van der Waals surface area (Å²) in [6, 6.07) is 19.2. The van der Waals surface area contributed by atoms with E-state index in [4.69, 9.17) is 42.6 Å². The van der Waals surface area contributed by atoms with Crippen LogP contribution in [0.15, 0.2) is 81.2 Å². The second-order valence-electron chi connectivity index (χ2n) is 16.8. The van der Waals surface area contributed by atoms with Gasteiger partial charge in [-0.1, -0.05) is 64.7 Å². The maximum absolute atomic E-state index is 13.4. The fourth-order valence-corrected chi connectivity index (χ4v) is 14.5. The normalized spacial score (nSPS) is 15.1. The van der Waals surface area contributed by atoms with Crippen molar-refractivity contribution in [1.82, 2.24) is 18.6 Å². The molecule has 4 heterocycles. The molecule has 2 aromatic heterocycles. The first kappa shape index (κ1) is 49.6. The quantitative estimate of drug-likeness (QED) is 0.117. The highest BCUT2D eigenvalue weighted by Crippen LogP contribution is 2.32. The van der Waals surface area contributed by atoms with Gasteiger partial charge in [0.1, 0.15) is 11.5 Å². The Bertz CT molecular complexity index is 2860. The van der Waals surface area contributed by atoms with Crippen molar-refractivity contribution in [1.29, 1.82) is 0 Å². The van der Waals surface area contributed by atoms with E-state index in [1.165, 1.54) is 0 Å². The summed E-state index contributed by atoms with van der Waals surface area (Å²) in [5, 5.41) is 7.02. The predicted octanol–water partition coefficient (Wildman–Crippen LogP) is 9.66. The molecule has 0 N–H and O–H groups in total. The molecule has 4 aromatic carbocycles. The molecule has 0 radical (unpaired) electrons. The van der Waals surface area contributed by atoms with E-state index in [1.54, 1.807) is 51.6 Å². The van der Waals surface area contributed by atoms with Gasteiger partial charge in [0.2, 0.25) is 20.0 Å². The zero-order valence-corrected chi connectivity index (χ0v) is 43.3. The number of sulfonamides is 2. The van der Waals surface area contributed by atoms with Gasteiger partial charge in [-0.05, 0) is 99.2 Å². The maximum Gasteiger partial charge on any atom is 0.243 e. The van der Waals surface area contributed by atoms with E-state index in [0.717, 1.165) is 77.7 Å². The number of halogens is 2. The predicted molar refractivity (Wildman–Crippen MR) is 269 cm³/mol. The number of aryl methyl sites for hydroxylation is 6. The summed E-state index contributed by atoms with van der Waals surface area (Å²) in [6.07, 6.45) is 1.35. The van der Waals surface area contributed by atoms with Gasteiger partial charge >= 0.3 is 0 Å². The van der Waals surface area contributed by atoms with Crippen LogP contribution in [0.5, 0.6) is 11.5 Å². The first-order valence-electron chi connectivity index (χ1n) is 21.6. The smallest absolute Gasteiger partial charge is 0.243 e. The summed E-state index contributed by atoms with van der Waals surface area (Å²) in [4.78, 5) is 14.8. The fraction of sp³-hybridized carbons (Fsp3) is 0.375. The molecule has 0 saturated carbocycles. The third kappa shape index (κ3) is 11.4. The monoisotopic (exact) mass is 1010 g/mol. The average Bonchev–Trinajstić information content (AvgIpc) is 3.94. The zero-order valence-electron chi connectivity index (χ0n) is 38.5. The molecule has 0 aliphatic carbocycles. The standard InChI is InChI=1S/C25H31N3O4S2.C23H25Cl2N3O2S2/c1-17-10-18(2)24(19(3)11-17)34(29,30)28-8-6-27(7-9-28)25-26-21(16-33-25)12-20-13-22(31-4)15-23(14-20)32-5;1-15-10-16(2)22(17(3)11-15)32(29,30)28-8-6-27(7-9-28)23-26-19(14-31-23)12-18-4-5-20(24)21(25)13-18/h10-11,13-16H,6-9,12H2,1-5H3;4-5,10-11,13-14H,6-9,12H2,1-3H3. The Morgan fingerprint density at radius 3 is 1.30 bits per heavy atom. The van der Waals surface area contributed by atoms with E-state index in [0.29, 0.717) is 85.0 Å². The molecule has 0 amide bonds. The van der Waals surface area contributed by atoms with Gasteiger partial charge in [0.15, 0.2) is 10.3 Å². The third-order valence-corrected chi connectivity index (χ3v) is 18.7. The number of ether oxygens (including phenoxy) is 2. The van der Waals surface area contributed by atoms with Crippen molar-refractivity contribution >= 4 is 76.2 Å². The van der Waals surface area contributed by atoms with Gasteiger partial charge in [0, 0.05) is 82.0 Å². The van der Waals surface area contributed by atoms with Crippen LogP contribution < -0.4 is 19.3 Å². The molecule has 66 heavy (non-hydrogen) atoms. The highest BCUT2D eigenvalue weighted by molar-refractivity contribution is 7.89. The first-order valence-corrected chi connectivity index (χ1v) is 27.0. The summed E-state index contributed by atoms with van der Waals surface area (Å²) in [7, 11) is -3.77. The van der Waals surface area contributed by atoms with Gasteiger partial charge in [0.05, 0.1) is 45.4 Å². The van der Waals surface area contributed by atoms with Gasteiger partial charge in [-0.15, -0.1) is 22.7 Å². The van der Waals surface area contributed by atoms with E-state index in [-0.39, 0.29) is 0 Å². The molecule has 0 spiro atoms. The Morgan fingerprint density at radius 2 is 0.924 bits per heavy atom. The van der Waals surface area contributed by atoms with E-state index in [9.17, 15) is 16.8 Å². The molecule has 2 saturated heterocycles. The van der Waals surface area contributed by atoms with Crippen LogP contribution in [0, 0.1) is 41.5 Å². The number of anilines is 2. The van der Waals surface area contributed by atoms with Crippen molar-refractivity contribution in [3.05, 3.63) is 137 Å². The molecule has 352 valence electrons. The molecular formula is C48H56Cl2N6O6S4. The minimum atomic E-state index is -3.53. The second-order valence-corrected chi connectivity index (χ2v) is 23.0. The molecule has 0 bridgehead atoms. The van der Waals surface area contributed by atoms with Crippen LogP contribution in [0.2, 0.25) is 10.0 Å². The third-order valence-electron chi connectivity index (χ3n) is 11.7. The van der Waals surface area contributed by atoms with E-state index < -0.39 is 20.0 Å². The topological polar surface area (TPSA) is 125 Å². The van der Waals surface area contributed by atoms with Gasteiger partial charge in [-0.25, -0.2) is 26.8 Å². The SMILES string of the molecule is COc1cc(Cc2csc(N3CCN(S(=O)(=O)c4c(C)cc(C)cc4C)CC3)n2)cc(OC)c1.Cc1cc(C)c(S(=O)(=O)N2CCN(c3nc(Cc4ccc(Cl)c(Cl)c4)cs3)CC2)c(C)c1. The summed E-state index contributed by atoms with van der Waals surface area (Å²) in [6.45, 7) is 15.7. The van der Waals surface area contributed by atoms with Crippen molar-refractivity contribution in [3.63, 3.8) is 0 Å². The van der Waals surface area contributed by atoms with Crippen molar-refractivity contribution in [2.75, 3.05) is 76.4 Å². The Kier molecular flexibility index (Phi) is 15.8. The average molecular weight is 1010 g/mol. The molecule has 2 aliphatic rings. The van der Waals surface area contributed by atoms with Crippen molar-refractivity contribution in [2.45, 2.75) is 64.2 Å². The maximum atomic E-state index is 13.4. The lowest BCUT2D eigenvalue weighted by Gasteiger charge is -2.34. The minimum absolute atomic E-state index is 0.440. The molecule has 0 unspecified atom stereocenters. The molecule has 2 aliphatic heterocycles. The van der Waals surface area contributed by atoms with Crippen molar-refractivity contribution < 1.29 is 26.3 Å². The number of aromatic nitrogens is 2. The first-order chi connectivity index (χ1) is 31.4. The van der Waals surface area contributed by atoms with Crippen LogP contribution in [0.1, 0.15) is 55.9 Å². The Labute approximate surface area is 407 Å². The largest absolute Gasteiger partial charge is 0.497 e. The Morgan fingerprint density at radius 1 is 0.530 bits per heavy atom. The lowest BCUT2D eigenvalue weighted by molar-refractivity contribution is 0.384. The number of methoxy groups -OCH3 is 2. The summed E-state index contributed by atoms with van der Waals surface area (Å²) < 4.78 is 67.3. The van der Waals surface area contributed by atoms with E-state index in [2.05, 4.69) is 15.2 Å². The van der Waals surface area contributed by atoms with E-state index >= 15 is 0 Å². The van der Waals surface area contributed by atoms with Crippen molar-refractivity contribution in [2.24, 2.45) is 0 Å². The fourth-order valence-electron chi connectivity index (χ4n) is 8.73. The summed E-state index contributed by atoms with van der Waals surface area (Å²) >= 11 is 15.3. The van der Waals surface area contributed by atoms with Crippen molar-refractivity contribution in [3.8, 4) is 11.5 Å².